The highest BCUT2D eigenvalue weighted by atomic mass is 19.4. The molecule has 1 aromatic heterocycles. The van der Waals surface area contributed by atoms with Gasteiger partial charge in [0.15, 0.2) is 0 Å². The number of hydrogen-bond acceptors (Lipinski definition) is 1. The van der Waals surface area contributed by atoms with Crippen LogP contribution in [-0.4, -0.2) is 4.98 Å². The van der Waals surface area contributed by atoms with Crippen LogP contribution in [-0.2, 0) is 19.0 Å². The molecular formula is C24H25F3N2. The van der Waals surface area contributed by atoms with E-state index < -0.39 is 11.7 Å². The first-order valence-corrected chi connectivity index (χ1v) is 9.97. The summed E-state index contributed by atoms with van der Waals surface area (Å²) in [5, 5.41) is 4.61. The number of halogens is 3. The Bertz CT molecular complexity index is 1020. The van der Waals surface area contributed by atoms with Crippen LogP contribution >= 0.6 is 0 Å². The normalized spacial score (nSPS) is 15.9. The Balaban J connectivity index is 1.46. The van der Waals surface area contributed by atoms with Crippen LogP contribution in [0.3, 0.4) is 0 Å². The summed E-state index contributed by atoms with van der Waals surface area (Å²) >= 11 is 0. The molecule has 1 aliphatic rings. The zero-order valence-electron chi connectivity index (χ0n) is 16.5. The van der Waals surface area contributed by atoms with Crippen molar-refractivity contribution >= 4 is 16.6 Å². The first-order valence-electron chi connectivity index (χ1n) is 9.97. The van der Waals surface area contributed by atoms with Crippen LogP contribution in [0.1, 0.15) is 42.9 Å². The van der Waals surface area contributed by atoms with E-state index in [1.54, 1.807) is 12.1 Å². The third-order valence-corrected chi connectivity index (χ3v) is 6.20. The van der Waals surface area contributed by atoms with Crippen LogP contribution in [0.15, 0.2) is 60.9 Å². The number of fused-ring (bicyclic) bond motifs is 1. The summed E-state index contributed by atoms with van der Waals surface area (Å²) in [6, 6.07) is 11.7. The monoisotopic (exact) mass is 398 g/mol. The fraction of sp³-hybridized carbons (Fsp3) is 0.333. The fourth-order valence-corrected chi connectivity index (χ4v) is 3.90. The topological polar surface area (TPSA) is 27.8 Å². The summed E-state index contributed by atoms with van der Waals surface area (Å²) in [6.45, 7) is 6.49. The van der Waals surface area contributed by atoms with Crippen LogP contribution in [0.4, 0.5) is 18.9 Å². The second-order valence-electron chi connectivity index (χ2n) is 8.29. The van der Waals surface area contributed by atoms with Crippen molar-refractivity contribution in [2.24, 2.45) is 5.41 Å². The van der Waals surface area contributed by atoms with Gasteiger partial charge >= 0.3 is 6.18 Å². The van der Waals surface area contributed by atoms with Crippen molar-refractivity contribution in [3.8, 4) is 0 Å². The molecule has 0 atom stereocenters. The maximum atomic E-state index is 12.7. The quantitative estimate of drug-likeness (QED) is 0.456. The average Bonchev–Trinajstić information content (AvgIpc) is 3.06. The maximum Gasteiger partial charge on any atom is 0.416 e. The molecule has 0 spiro atoms. The Morgan fingerprint density at radius 3 is 2.34 bits per heavy atom. The van der Waals surface area contributed by atoms with Crippen LogP contribution in [0, 0.1) is 5.41 Å². The molecule has 4 rings (SSSR count). The summed E-state index contributed by atoms with van der Waals surface area (Å²) in [5.41, 5.74) is 4.75. The SMILES string of the molecule is C=C(Nc1c[nH]c2ccc(CCc3ccc(C(F)(F)F)cc3)cc12)C1(C)CCC1. The molecule has 1 heterocycles. The number of aromatic nitrogens is 1. The van der Waals surface area contributed by atoms with Gasteiger partial charge in [-0.05, 0) is 61.1 Å². The number of benzene rings is 2. The molecule has 0 aliphatic heterocycles. The predicted octanol–water partition coefficient (Wildman–Crippen LogP) is 7.09. The number of allylic oxidation sites excluding steroid dienone is 1. The molecule has 0 amide bonds. The number of nitrogens with one attached hydrogen (secondary N) is 2. The Morgan fingerprint density at radius 1 is 1.07 bits per heavy atom. The van der Waals surface area contributed by atoms with Gasteiger partial charge in [0.2, 0.25) is 0 Å². The highest BCUT2D eigenvalue weighted by Crippen LogP contribution is 2.46. The van der Waals surface area contributed by atoms with Gasteiger partial charge < -0.3 is 10.3 Å². The lowest BCUT2D eigenvalue weighted by Gasteiger charge is -2.40. The molecule has 1 fully saturated rings. The molecule has 152 valence electrons. The molecule has 29 heavy (non-hydrogen) atoms. The van der Waals surface area contributed by atoms with Crippen LogP contribution in [0.2, 0.25) is 0 Å². The Hall–Kier alpha value is -2.69. The molecule has 2 nitrogen and oxygen atoms in total. The summed E-state index contributed by atoms with van der Waals surface area (Å²) < 4.78 is 38.1. The highest BCUT2D eigenvalue weighted by Gasteiger charge is 2.35. The Morgan fingerprint density at radius 2 is 1.72 bits per heavy atom. The lowest BCUT2D eigenvalue weighted by atomic mass is 9.68. The van der Waals surface area contributed by atoms with Gasteiger partial charge in [-0.25, -0.2) is 0 Å². The molecule has 1 aliphatic carbocycles. The number of aromatic amines is 1. The summed E-state index contributed by atoms with van der Waals surface area (Å²) in [7, 11) is 0. The molecule has 2 aromatic carbocycles. The molecule has 5 heteroatoms. The zero-order valence-corrected chi connectivity index (χ0v) is 16.5. The lowest BCUT2D eigenvalue weighted by Crippen LogP contribution is -2.30. The van der Waals surface area contributed by atoms with Gasteiger partial charge in [0.05, 0.1) is 11.3 Å². The number of aryl methyl sites for hydroxylation is 2. The molecule has 3 aromatic rings. The van der Waals surface area contributed by atoms with E-state index in [-0.39, 0.29) is 5.41 Å². The van der Waals surface area contributed by atoms with E-state index >= 15 is 0 Å². The molecule has 0 unspecified atom stereocenters. The van der Waals surface area contributed by atoms with E-state index in [9.17, 15) is 13.2 Å². The minimum absolute atomic E-state index is 0.170. The first kappa shape index (κ1) is 19.6. The second kappa shape index (κ2) is 7.29. The maximum absolute atomic E-state index is 12.7. The third-order valence-electron chi connectivity index (χ3n) is 6.20. The van der Waals surface area contributed by atoms with E-state index in [0.29, 0.717) is 6.42 Å². The third kappa shape index (κ3) is 4.04. The average molecular weight is 398 g/mol. The van der Waals surface area contributed by atoms with Gasteiger partial charge in [-0.1, -0.05) is 38.1 Å². The van der Waals surface area contributed by atoms with E-state index in [0.717, 1.165) is 52.0 Å². The molecule has 2 N–H and O–H groups in total. The van der Waals surface area contributed by atoms with E-state index in [4.69, 9.17) is 0 Å². The Kier molecular flexibility index (Phi) is 4.93. The minimum Gasteiger partial charge on any atom is -0.359 e. The van der Waals surface area contributed by atoms with Crippen molar-refractivity contribution in [3.05, 3.63) is 77.6 Å². The van der Waals surface area contributed by atoms with Crippen molar-refractivity contribution in [2.75, 3.05) is 5.32 Å². The van der Waals surface area contributed by atoms with Gasteiger partial charge in [0.25, 0.3) is 0 Å². The van der Waals surface area contributed by atoms with Gasteiger partial charge in [0, 0.05) is 28.2 Å². The minimum atomic E-state index is -4.29. The van der Waals surface area contributed by atoms with Gasteiger partial charge in [-0.3, -0.25) is 0 Å². The predicted molar refractivity (Wildman–Crippen MR) is 112 cm³/mol. The van der Waals surface area contributed by atoms with Gasteiger partial charge in [-0.2, -0.15) is 13.2 Å². The van der Waals surface area contributed by atoms with Gasteiger partial charge in [-0.15, -0.1) is 0 Å². The number of rotatable bonds is 6. The largest absolute Gasteiger partial charge is 0.416 e. The van der Waals surface area contributed by atoms with Gasteiger partial charge in [0.1, 0.15) is 0 Å². The summed E-state index contributed by atoms with van der Waals surface area (Å²) in [6.07, 6.45) is 2.73. The number of hydrogen-bond donors (Lipinski definition) is 2. The Labute approximate surface area is 168 Å². The van der Waals surface area contributed by atoms with Crippen molar-refractivity contribution in [1.29, 1.82) is 0 Å². The standard InChI is InChI=1S/C24H25F3N2/c1-16(23(2)12-3-13-23)29-22-15-28-21-11-8-18(14-20(21)22)5-4-17-6-9-19(10-7-17)24(25,26)27/h6-11,14-15,28-29H,1,3-5,12-13H2,2H3. The first-order chi connectivity index (χ1) is 13.7. The second-order valence-corrected chi connectivity index (χ2v) is 8.29. The van der Waals surface area contributed by atoms with Crippen molar-refractivity contribution in [3.63, 3.8) is 0 Å². The summed E-state index contributed by atoms with van der Waals surface area (Å²) in [5.74, 6) is 0. The van der Waals surface area contributed by atoms with Crippen LogP contribution in [0.25, 0.3) is 10.9 Å². The zero-order chi connectivity index (χ0) is 20.6. The van der Waals surface area contributed by atoms with Crippen LogP contribution in [0.5, 0.6) is 0 Å². The molecule has 0 saturated heterocycles. The molecular weight excluding hydrogens is 373 g/mol. The number of H-pyrrole nitrogens is 1. The lowest BCUT2D eigenvalue weighted by molar-refractivity contribution is -0.137. The smallest absolute Gasteiger partial charge is 0.359 e. The van der Waals surface area contributed by atoms with Crippen molar-refractivity contribution in [2.45, 2.75) is 45.2 Å². The number of anilines is 1. The number of alkyl halides is 3. The van der Waals surface area contributed by atoms with E-state index in [1.807, 2.05) is 6.20 Å². The molecule has 1 saturated carbocycles. The van der Waals surface area contributed by atoms with E-state index in [2.05, 4.69) is 42.0 Å². The fourth-order valence-electron chi connectivity index (χ4n) is 3.90. The van der Waals surface area contributed by atoms with Crippen LogP contribution < -0.4 is 5.32 Å². The summed E-state index contributed by atoms with van der Waals surface area (Å²) in [4.78, 5) is 3.29. The van der Waals surface area contributed by atoms with E-state index in [1.165, 1.54) is 19.3 Å². The molecule has 0 bridgehead atoms. The molecule has 0 radical (unpaired) electrons. The van der Waals surface area contributed by atoms with Crippen molar-refractivity contribution < 1.29 is 13.2 Å². The van der Waals surface area contributed by atoms with Crippen molar-refractivity contribution in [1.82, 2.24) is 4.98 Å². The highest BCUT2D eigenvalue weighted by molar-refractivity contribution is 5.93.